The lowest BCUT2D eigenvalue weighted by Crippen LogP contribution is -2.23. The minimum Gasteiger partial charge on any atom is -0.481 e. The quantitative estimate of drug-likeness (QED) is 0.868. The van der Waals surface area contributed by atoms with Crippen LogP contribution in [0.4, 0.5) is 0 Å². The Morgan fingerprint density at radius 3 is 2.94 bits per heavy atom. The van der Waals surface area contributed by atoms with Crippen LogP contribution in [0.15, 0.2) is 24.4 Å². The lowest BCUT2D eigenvalue weighted by Gasteiger charge is -2.19. The van der Waals surface area contributed by atoms with Crippen LogP contribution in [-0.4, -0.2) is 25.2 Å². The zero-order chi connectivity index (χ0) is 12.4. The number of pyridine rings is 1. The maximum absolute atomic E-state index is 5.12. The molecule has 1 aromatic heterocycles. The van der Waals surface area contributed by atoms with Crippen molar-refractivity contribution in [2.75, 3.05) is 20.2 Å². The van der Waals surface area contributed by atoms with Gasteiger partial charge in [-0.05, 0) is 61.4 Å². The van der Waals surface area contributed by atoms with Crippen molar-refractivity contribution in [2.45, 2.75) is 19.3 Å². The Morgan fingerprint density at radius 2 is 2.17 bits per heavy atom. The van der Waals surface area contributed by atoms with Gasteiger partial charge in [0.25, 0.3) is 0 Å². The maximum atomic E-state index is 5.12. The summed E-state index contributed by atoms with van der Waals surface area (Å²) in [5.74, 6) is 2.15. The topological polar surface area (TPSA) is 34.1 Å². The Morgan fingerprint density at radius 1 is 1.28 bits per heavy atom. The fourth-order valence-electron chi connectivity index (χ4n) is 3.12. The van der Waals surface area contributed by atoms with Crippen LogP contribution in [0.1, 0.15) is 24.8 Å². The lowest BCUT2D eigenvalue weighted by atomic mass is 9.91. The first-order valence-electron chi connectivity index (χ1n) is 6.79. The highest BCUT2D eigenvalue weighted by Gasteiger charge is 2.28. The van der Waals surface area contributed by atoms with E-state index in [0.29, 0.717) is 11.8 Å². The number of rotatable bonds is 2. The van der Waals surface area contributed by atoms with Gasteiger partial charge in [0, 0.05) is 12.3 Å². The number of ether oxygens (including phenoxy) is 1. The van der Waals surface area contributed by atoms with Crippen molar-refractivity contribution < 1.29 is 4.74 Å². The number of aromatic nitrogens is 1. The molecule has 3 heteroatoms. The molecule has 3 rings (SSSR count). The second kappa shape index (κ2) is 5.11. The van der Waals surface area contributed by atoms with Gasteiger partial charge in [-0.1, -0.05) is 6.08 Å². The standard InChI is InChI=1S/C15H20N2O/c1-18-15-3-2-13(10-17-15)14-9-11-4-6-16-7-5-12(14)8-11/h2-3,9-12,16H,4-8H2,1H3. The van der Waals surface area contributed by atoms with Gasteiger partial charge in [-0.3, -0.25) is 0 Å². The molecule has 0 amide bonds. The van der Waals surface area contributed by atoms with E-state index in [4.69, 9.17) is 4.74 Å². The third kappa shape index (κ3) is 2.27. The van der Waals surface area contributed by atoms with E-state index in [1.807, 2.05) is 12.3 Å². The van der Waals surface area contributed by atoms with Gasteiger partial charge in [-0.2, -0.15) is 0 Å². The summed E-state index contributed by atoms with van der Waals surface area (Å²) in [6.45, 7) is 2.29. The smallest absolute Gasteiger partial charge is 0.212 e. The first-order valence-corrected chi connectivity index (χ1v) is 6.79. The molecule has 0 aromatic carbocycles. The van der Waals surface area contributed by atoms with Gasteiger partial charge >= 0.3 is 0 Å². The zero-order valence-corrected chi connectivity index (χ0v) is 10.9. The van der Waals surface area contributed by atoms with E-state index in [0.717, 1.165) is 19.0 Å². The fourth-order valence-corrected chi connectivity index (χ4v) is 3.12. The molecule has 2 heterocycles. The summed E-state index contributed by atoms with van der Waals surface area (Å²) in [6.07, 6.45) is 8.26. The maximum Gasteiger partial charge on any atom is 0.212 e. The summed E-state index contributed by atoms with van der Waals surface area (Å²) in [4.78, 5) is 4.32. The van der Waals surface area contributed by atoms with Gasteiger partial charge < -0.3 is 10.1 Å². The molecule has 2 aliphatic rings. The van der Waals surface area contributed by atoms with E-state index >= 15 is 0 Å². The van der Waals surface area contributed by atoms with Crippen molar-refractivity contribution in [2.24, 2.45) is 11.8 Å². The van der Waals surface area contributed by atoms with Crippen molar-refractivity contribution in [1.29, 1.82) is 0 Å². The highest BCUT2D eigenvalue weighted by atomic mass is 16.5. The summed E-state index contributed by atoms with van der Waals surface area (Å²) in [7, 11) is 1.66. The van der Waals surface area contributed by atoms with E-state index in [2.05, 4.69) is 22.4 Å². The summed E-state index contributed by atoms with van der Waals surface area (Å²) in [5, 5.41) is 3.51. The normalized spacial score (nSPS) is 27.3. The molecule has 0 spiro atoms. The molecular formula is C15H20N2O. The fraction of sp³-hybridized carbons (Fsp3) is 0.533. The molecule has 0 radical (unpaired) electrons. The van der Waals surface area contributed by atoms with E-state index in [9.17, 15) is 0 Å². The van der Waals surface area contributed by atoms with E-state index in [1.165, 1.54) is 30.4 Å². The van der Waals surface area contributed by atoms with E-state index < -0.39 is 0 Å². The molecule has 1 aliphatic heterocycles. The van der Waals surface area contributed by atoms with Gasteiger partial charge in [0.2, 0.25) is 5.88 Å². The van der Waals surface area contributed by atoms with Crippen LogP contribution < -0.4 is 10.1 Å². The largest absolute Gasteiger partial charge is 0.481 e. The Bertz CT molecular complexity index is 438. The summed E-state index contributed by atoms with van der Waals surface area (Å²) >= 11 is 0. The third-order valence-electron chi connectivity index (χ3n) is 4.08. The Labute approximate surface area is 108 Å². The zero-order valence-electron chi connectivity index (χ0n) is 10.9. The molecule has 1 saturated heterocycles. The molecule has 3 nitrogen and oxygen atoms in total. The second-order valence-corrected chi connectivity index (χ2v) is 5.23. The Kier molecular flexibility index (Phi) is 3.33. The second-order valence-electron chi connectivity index (χ2n) is 5.23. The number of nitrogens with zero attached hydrogens (tertiary/aromatic N) is 1. The predicted molar refractivity (Wildman–Crippen MR) is 72.5 cm³/mol. The molecule has 2 atom stereocenters. The van der Waals surface area contributed by atoms with Gasteiger partial charge in [0.15, 0.2) is 0 Å². The molecule has 1 fully saturated rings. The van der Waals surface area contributed by atoms with Crippen LogP contribution in [0.5, 0.6) is 5.88 Å². The van der Waals surface area contributed by atoms with Gasteiger partial charge in [-0.15, -0.1) is 0 Å². The van der Waals surface area contributed by atoms with Gasteiger partial charge in [-0.25, -0.2) is 4.98 Å². The Balaban J connectivity index is 1.85. The molecule has 2 unspecified atom stereocenters. The summed E-state index contributed by atoms with van der Waals surface area (Å²) in [6, 6.07) is 4.09. The van der Waals surface area contributed by atoms with Crippen LogP contribution in [0, 0.1) is 11.8 Å². The minimum absolute atomic E-state index is 0.691. The highest BCUT2D eigenvalue weighted by Crippen LogP contribution is 2.40. The molecule has 2 bridgehead atoms. The van der Waals surface area contributed by atoms with Crippen LogP contribution in [0.3, 0.4) is 0 Å². The van der Waals surface area contributed by atoms with Gasteiger partial charge in [0.05, 0.1) is 7.11 Å². The number of nitrogens with one attached hydrogen (secondary N) is 1. The van der Waals surface area contributed by atoms with Crippen LogP contribution >= 0.6 is 0 Å². The third-order valence-corrected chi connectivity index (χ3v) is 4.08. The van der Waals surface area contributed by atoms with E-state index in [-0.39, 0.29) is 0 Å². The molecule has 96 valence electrons. The highest BCUT2D eigenvalue weighted by molar-refractivity contribution is 5.69. The molecule has 0 saturated carbocycles. The molecule has 1 aromatic rings. The van der Waals surface area contributed by atoms with Crippen LogP contribution in [0.2, 0.25) is 0 Å². The minimum atomic E-state index is 0.691. The van der Waals surface area contributed by atoms with Crippen LogP contribution in [0.25, 0.3) is 5.57 Å². The number of methoxy groups -OCH3 is 1. The van der Waals surface area contributed by atoms with Crippen molar-refractivity contribution in [3.8, 4) is 5.88 Å². The molecule has 1 aliphatic carbocycles. The van der Waals surface area contributed by atoms with Crippen LogP contribution in [-0.2, 0) is 0 Å². The number of hydrogen-bond acceptors (Lipinski definition) is 3. The van der Waals surface area contributed by atoms with Crippen molar-refractivity contribution in [3.63, 3.8) is 0 Å². The Hall–Kier alpha value is -1.35. The number of hydrogen-bond donors (Lipinski definition) is 1. The molecule has 18 heavy (non-hydrogen) atoms. The average molecular weight is 244 g/mol. The summed E-state index contributed by atoms with van der Waals surface area (Å²) in [5.41, 5.74) is 2.77. The SMILES string of the molecule is COc1ccc(C2=CC3CCNCCC2C3)cn1. The number of allylic oxidation sites excluding steroid dienone is 2. The monoisotopic (exact) mass is 244 g/mol. The predicted octanol–water partition coefficient (Wildman–Crippen LogP) is 2.49. The lowest BCUT2D eigenvalue weighted by molar-refractivity contribution is 0.397. The molecular weight excluding hydrogens is 224 g/mol. The molecule has 1 N–H and O–H groups in total. The van der Waals surface area contributed by atoms with Crippen molar-refractivity contribution >= 4 is 5.57 Å². The summed E-state index contributed by atoms with van der Waals surface area (Å²) < 4.78 is 5.12. The van der Waals surface area contributed by atoms with Crippen molar-refractivity contribution in [3.05, 3.63) is 30.0 Å². The first-order chi connectivity index (χ1) is 8.86. The average Bonchev–Trinajstić information content (AvgIpc) is 2.82. The first kappa shape index (κ1) is 11.7. The van der Waals surface area contributed by atoms with Gasteiger partial charge in [0.1, 0.15) is 0 Å². The number of fused-ring (bicyclic) bond motifs is 2. The van der Waals surface area contributed by atoms with Crippen molar-refractivity contribution in [1.82, 2.24) is 10.3 Å². The van der Waals surface area contributed by atoms with E-state index in [1.54, 1.807) is 7.11 Å².